The van der Waals surface area contributed by atoms with Crippen molar-refractivity contribution >= 4 is 6.09 Å². The van der Waals surface area contributed by atoms with E-state index in [4.69, 9.17) is 9.15 Å². The van der Waals surface area contributed by atoms with E-state index in [2.05, 4.69) is 31.4 Å². The minimum Gasteiger partial charge on any atom is -0.465 e. The number of carbonyl (C=O) groups excluding carboxylic acids is 1. The quantitative estimate of drug-likeness (QED) is 0.758. The number of hydrogen-bond acceptors (Lipinski definition) is 4. The van der Waals surface area contributed by atoms with Crippen molar-refractivity contribution in [2.75, 3.05) is 6.54 Å². The monoisotopic (exact) mass is 324 g/mol. The molecule has 0 radical (unpaired) electrons. The summed E-state index contributed by atoms with van der Waals surface area (Å²) in [6, 6.07) is 4.00. The summed E-state index contributed by atoms with van der Waals surface area (Å²) in [6.45, 7) is 13.1. The molecule has 1 aromatic heterocycles. The zero-order chi connectivity index (χ0) is 17.5. The second kappa shape index (κ2) is 8.39. The first kappa shape index (κ1) is 19.6. The van der Waals surface area contributed by atoms with Crippen molar-refractivity contribution in [3.05, 3.63) is 23.7 Å². The predicted molar refractivity (Wildman–Crippen MR) is 92.5 cm³/mol. The molecule has 5 heteroatoms. The van der Waals surface area contributed by atoms with Crippen LogP contribution in [0.15, 0.2) is 16.5 Å². The van der Waals surface area contributed by atoms with E-state index >= 15 is 0 Å². The fourth-order valence-electron chi connectivity index (χ4n) is 2.37. The molecule has 0 atom stereocenters. The van der Waals surface area contributed by atoms with Crippen molar-refractivity contribution in [3.63, 3.8) is 0 Å². The lowest BCUT2D eigenvalue weighted by atomic mass is 9.93. The molecule has 1 amide bonds. The van der Waals surface area contributed by atoms with E-state index in [-0.39, 0.29) is 11.6 Å². The number of hydrogen-bond donors (Lipinski definition) is 2. The maximum Gasteiger partial charge on any atom is 0.408 e. The van der Waals surface area contributed by atoms with Crippen molar-refractivity contribution < 1.29 is 13.9 Å². The Balaban J connectivity index is 2.56. The highest BCUT2D eigenvalue weighted by Crippen LogP contribution is 2.17. The van der Waals surface area contributed by atoms with Crippen molar-refractivity contribution in [2.24, 2.45) is 0 Å². The Hall–Kier alpha value is -1.49. The molecule has 0 saturated heterocycles. The van der Waals surface area contributed by atoms with Crippen molar-refractivity contribution in [1.82, 2.24) is 10.6 Å². The number of carbonyl (C=O) groups is 1. The Bertz CT molecular complexity index is 485. The van der Waals surface area contributed by atoms with Gasteiger partial charge in [-0.05, 0) is 45.7 Å². The Morgan fingerprint density at radius 2 is 1.74 bits per heavy atom. The summed E-state index contributed by atoms with van der Waals surface area (Å²) in [5, 5.41) is 6.42. The van der Waals surface area contributed by atoms with E-state index in [1.807, 2.05) is 32.9 Å². The molecule has 0 aliphatic heterocycles. The largest absolute Gasteiger partial charge is 0.465 e. The average molecular weight is 324 g/mol. The highest BCUT2D eigenvalue weighted by atomic mass is 16.6. The smallest absolute Gasteiger partial charge is 0.408 e. The molecule has 132 valence electrons. The molecule has 1 aromatic rings. The molecule has 1 rings (SSSR count). The van der Waals surface area contributed by atoms with Gasteiger partial charge >= 0.3 is 6.09 Å². The number of aryl methyl sites for hydroxylation is 1. The maximum absolute atomic E-state index is 12.1. The topological polar surface area (TPSA) is 63.5 Å². The van der Waals surface area contributed by atoms with Crippen LogP contribution in [0.4, 0.5) is 4.79 Å². The average Bonchev–Trinajstić information content (AvgIpc) is 2.92. The molecular formula is C18H32N2O3. The molecule has 1 heterocycles. The second-order valence-corrected chi connectivity index (χ2v) is 6.94. The summed E-state index contributed by atoms with van der Waals surface area (Å²) in [4.78, 5) is 12.1. The molecule has 0 saturated carbocycles. The van der Waals surface area contributed by atoms with E-state index in [1.165, 1.54) is 0 Å². The van der Waals surface area contributed by atoms with Crippen molar-refractivity contribution in [1.29, 1.82) is 0 Å². The van der Waals surface area contributed by atoms with Gasteiger partial charge in [-0.1, -0.05) is 20.8 Å². The summed E-state index contributed by atoms with van der Waals surface area (Å²) < 4.78 is 11.1. The molecule has 5 nitrogen and oxygen atoms in total. The lowest BCUT2D eigenvalue weighted by Gasteiger charge is -2.34. The third-order valence-electron chi connectivity index (χ3n) is 3.95. The zero-order valence-electron chi connectivity index (χ0n) is 15.4. The van der Waals surface area contributed by atoms with Crippen LogP contribution in [-0.4, -0.2) is 23.8 Å². The van der Waals surface area contributed by atoms with Gasteiger partial charge in [-0.25, -0.2) is 4.79 Å². The fourth-order valence-corrected chi connectivity index (χ4v) is 2.37. The van der Waals surface area contributed by atoms with Crippen molar-refractivity contribution in [3.8, 4) is 0 Å². The SMILES string of the molecule is CCc1ccc(CNCC(CC)(CC)NC(=O)OC(C)(C)C)o1. The summed E-state index contributed by atoms with van der Waals surface area (Å²) in [5.41, 5.74) is -0.808. The number of rotatable bonds is 8. The zero-order valence-corrected chi connectivity index (χ0v) is 15.4. The number of nitrogens with one attached hydrogen (secondary N) is 2. The number of ether oxygens (including phenoxy) is 1. The number of amides is 1. The van der Waals surface area contributed by atoms with Crippen LogP contribution in [0.2, 0.25) is 0 Å². The molecule has 2 N–H and O–H groups in total. The van der Waals surface area contributed by atoms with Crippen LogP contribution in [0.3, 0.4) is 0 Å². The van der Waals surface area contributed by atoms with E-state index in [0.29, 0.717) is 13.1 Å². The first-order chi connectivity index (χ1) is 10.7. The second-order valence-electron chi connectivity index (χ2n) is 6.94. The van der Waals surface area contributed by atoms with Gasteiger partial charge in [-0.3, -0.25) is 0 Å². The van der Waals surface area contributed by atoms with Gasteiger partial charge in [-0.15, -0.1) is 0 Å². The Morgan fingerprint density at radius 1 is 1.13 bits per heavy atom. The lowest BCUT2D eigenvalue weighted by molar-refractivity contribution is 0.0445. The molecule has 0 spiro atoms. The van der Waals surface area contributed by atoms with E-state index in [1.54, 1.807) is 0 Å². The van der Waals surface area contributed by atoms with Crippen molar-refractivity contribution in [2.45, 2.75) is 78.5 Å². The van der Waals surface area contributed by atoms with Gasteiger partial charge in [0.05, 0.1) is 12.1 Å². The minimum atomic E-state index is -0.491. The van der Waals surface area contributed by atoms with E-state index in [9.17, 15) is 4.79 Å². The molecular weight excluding hydrogens is 292 g/mol. The minimum absolute atomic E-state index is 0.317. The standard InChI is InChI=1S/C18H32N2O3/c1-7-14-10-11-15(22-14)12-19-13-18(8-2,9-3)20-16(21)23-17(4,5)6/h10-11,19H,7-9,12-13H2,1-6H3,(H,20,21). The molecule has 0 aromatic carbocycles. The molecule has 0 bridgehead atoms. The number of furan rings is 1. The first-order valence-corrected chi connectivity index (χ1v) is 8.53. The Labute approximate surface area is 140 Å². The number of alkyl carbamates (subject to hydrolysis) is 1. The summed E-state index contributed by atoms with van der Waals surface area (Å²) in [6.07, 6.45) is 2.19. The first-order valence-electron chi connectivity index (χ1n) is 8.53. The van der Waals surface area contributed by atoms with E-state index in [0.717, 1.165) is 30.8 Å². The highest BCUT2D eigenvalue weighted by Gasteiger charge is 2.30. The maximum atomic E-state index is 12.1. The summed E-state index contributed by atoms with van der Waals surface area (Å²) in [7, 11) is 0. The highest BCUT2D eigenvalue weighted by molar-refractivity contribution is 5.68. The summed E-state index contributed by atoms with van der Waals surface area (Å²) >= 11 is 0. The van der Waals surface area contributed by atoms with Gasteiger partial charge in [0.2, 0.25) is 0 Å². The van der Waals surface area contributed by atoms with Crippen LogP contribution in [0.1, 0.15) is 65.9 Å². The van der Waals surface area contributed by atoms with Crippen LogP contribution in [0.5, 0.6) is 0 Å². The van der Waals surface area contributed by atoms with Gasteiger partial charge in [0.1, 0.15) is 17.1 Å². The predicted octanol–water partition coefficient (Wildman–Crippen LogP) is 4.02. The van der Waals surface area contributed by atoms with Gasteiger partial charge in [-0.2, -0.15) is 0 Å². The Kier molecular flexibility index (Phi) is 7.13. The molecule has 0 fully saturated rings. The van der Waals surface area contributed by atoms with Gasteiger partial charge in [0, 0.05) is 13.0 Å². The summed E-state index contributed by atoms with van der Waals surface area (Å²) in [5.74, 6) is 1.91. The van der Waals surface area contributed by atoms with Gasteiger partial charge in [0.15, 0.2) is 0 Å². The molecule has 23 heavy (non-hydrogen) atoms. The third-order valence-corrected chi connectivity index (χ3v) is 3.95. The van der Waals surface area contributed by atoms with Crippen LogP contribution in [-0.2, 0) is 17.7 Å². The molecule has 0 unspecified atom stereocenters. The molecule has 0 aliphatic carbocycles. The van der Waals surface area contributed by atoms with Gasteiger partial charge in [0.25, 0.3) is 0 Å². The fraction of sp³-hybridized carbons (Fsp3) is 0.722. The van der Waals surface area contributed by atoms with Crippen LogP contribution < -0.4 is 10.6 Å². The van der Waals surface area contributed by atoms with Gasteiger partial charge < -0.3 is 19.8 Å². The third kappa shape index (κ3) is 6.65. The van der Waals surface area contributed by atoms with Crippen LogP contribution in [0, 0.1) is 0 Å². The van der Waals surface area contributed by atoms with Crippen LogP contribution in [0.25, 0.3) is 0 Å². The van der Waals surface area contributed by atoms with E-state index < -0.39 is 5.60 Å². The Morgan fingerprint density at radius 3 is 2.22 bits per heavy atom. The normalized spacial score (nSPS) is 12.3. The molecule has 0 aliphatic rings. The van der Waals surface area contributed by atoms with Crippen LogP contribution >= 0.6 is 0 Å². The lowest BCUT2D eigenvalue weighted by Crippen LogP contribution is -2.55.